The Morgan fingerprint density at radius 2 is 1.58 bits per heavy atom. The zero-order valence-corrected chi connectivity index (χ0v) is 24.2. The van der Waals surface area contributed by atoms with Gasteiger partial charge >= 0.3 is 5.97 Å². The lowest BCUT2D eigenvalue weighted by Crippen LogP contribution is -2.25. The van der Waals surface area contributed by atoms with Gasteiger partial charge in [0.25, 0.3) is 0 Å². The zero-order valence-electron chi connectivity index (χ0n) is 21.1. The highest BCUT2D eigenvalue weighted by Gasteiger charge is 2.26. The summed E-state index contributed by atoms with van der Waals surface area (Å²) in [6, 6.07) is 11.2. The normalized spacial score (nSPS) is 13.7. The van der Waals surface area contributed by atoms with Crippen LogP contribution in [0.3, 0.4) is 0 Å². The van der Waals surface area contributed by atoms with E-state index < -0.39 is 27.3 Å². The Morgan fingerprint density at radius 3 is 2.08 bits per heavy atom. The molecular weight excluding hydrogens is 547 g/mol. The fraction of sp³-hybridized carbons (Fsp3) is 0.500. The van der Waals surface area contributed by atoms with Crippen molar-refractivity contribution in [3.63, 3.8) is 0 Å². The molecule has 0 fully saturated rings. The maximum Gasteiger partial charge on any atom is 0.303 e. The molecule has 0 bridgehead atoms. The number of halogens is 3. The van der Waals surface area contributed by atoms with Crippen molar-refractivity contribution >= 4 is 50.6 Å². The Bertz CT molecular complexity index is 1110. The van der Waals surface area contributed by atoms with E-state index in [-0.39, 0.29) is 36.5 Å². The van der Waals surface area contributed by atoms with E-state index in [1.807, 2.05) is 57.2 Å². The molecule has 2 atom stereocenters. The van der Waals surface area contributed by atoms with E-state index in [1.165, 1.54) is 6.92 Å². The summed E-state index contributed by atoms with van der Waals surface area (Å²) in [5, 5.41) is 0.710. The molecule has 2 rings (SSSR count). The predicted octanol–water partition coefficient (Wildman–Crippen LogP) is 6.32. The first-order valence-electron chi connectivity index (χ1n) is 11.6. The van der Waals surface area contributed by atoms with Crippen molar-refractivity contribution in [3.05, 3.63) is 57.6 Å². The minimum absolute atomic E-state index is 0.0415. The Kier molecular flexibility index (Phi) is 11.2. The van der Waals surface area contributed by atoms with Gasteiger partial charge in [-0.3, -0.25) is 4.79 Å². The summed E-state index contributed by atoms with van der Waals surface area (Å²) in [6.45, 7) is 9.20. The van der Waals surface area contributed by atoms with Crippen LogP contribution in [-0.2, 0) is 24.8 Å². The van der Waals surface area contributed by atoms with Crippen molar-refractivity contribution in [1.29, 1.82) is 0 Å². The second kappa shape index (κ2) is 13.2. The Labute approximate surface area is 229 Å². The lowest BCUT2D eigenvalue weighted by molar-refractivity contribution is -0.146. The van der Waals surface area contributed by atoms with Gasteiger partial charge in [-0.2, -0.15) is 0 Å². The second-order valence-corrected chi connectivity index (χ2v) is 12.8. The summed E-state index contributed by atoms with van der Waals surface area (Å²) in [7, 11) is -3.10. The molecule has 0 N–H and O–H groups in total. The van der Waals surface area contributed by atoms with E-state index in [0.29, 0.717) is 21.5 Å². The van der Waals surface area contributed by atoms with Gasteiger partial charge in [-0.05, 0) is 35.4 Å². The van der Waals surface area contributed by atoms with Crippen molar-refractivity contribution in [1.82, 2.24) is 0 Å². The first kappa shape index (κ1) is 30.6. The van der Waals surface area contributed by atoms with Gasteiger partial charge in [0.15, 0.2) is 5.75 Å². The molecule has 2 unspecified atom stereocenters. The van der Waals surface area contributed by atoms with Crippen LogP contribution in [0, 0.1) is 5.92 Å². The third-order valence-corrected chi connectivity index (χ3v) is 8.59. The first-order chi connectivity index (χ1) is 16.8. The van der Waals surface area contributed by atoms with Gasteiger partial charge in [-0.1, -0.05) is 63.0 Å². The van der Waals surface area contributed by atoms with Crippen molar-refractivity contribution in [2.24, 2.45) is 5.92 Å². The van der Waals surface area contributed by atoms with Gasteiger partial charge in [0.1, 0.15) is 28.3 Å². The number of hydrogen-bond donors (Lipinski definition) is 0. The number of hydrogen-bond acceptors (Lipinski definition) is 6. The highest BCUT2D eigenvalue weighted by molar-refractivity contribution is 7.91. The summed E-state index contributed by atoms with van der Waals surface area (Å²) >= 11 is 18.9. The van der Waals surface area contributed by atoms with Crippen molar-refractivity contribution in [2.45, 2.75) is 46.1 Å². The van der Waals surface area contributed by atoms with Crippen LogP contribution < -0.4 is 9.47 Å². The molecule has 0 heterocycles. The number of carbonyl (C=O) groups excluding carboxylic acids is 1. The quantitative estimate of drug-likeness (QED) is 0.204. The fourth-order valence-corrected chi connectivity index (χ4v) is 5.50. The zero-order chi connectivity index (χ0) is 27.1. The molecular formula is C26H33Cl3O6S. The lowest BCUT2D eigenvalue weighted by atomic mass is 9.78. The van der Waals surface area contributed by atoms with Crippen molar-refractivity contribution in [2.75, 3.05) is 30.6 Å². The Morgan fingerprint density at radius 1 is 1.00 bits per heavy atom. The Balaban J connectivity index is 2.12. The molecule has 2 aromatic carbocycles. The molecule has 0 saturated heterocycles. The highest BCUT2D eigenvalue weighted by atomic mass is 35.5. The number of carbonyl (C=O) groups is 1. The van der Waals surface area contributed by atoms with Crippen molar-refractivity contribution < 1.29 is 27.4 Å². The van der Waals surface area contributed by atoms with Gasteiger partial charge < -0.3 is 14.2 Å². The SMILES string of the molecule is CCS(=O)(=O)CC(C)COc1c(Cl)cc(C(C)(C)c2ccc(OCC(CCl)OC(C)=O)cc2)cc1Cl. The molecule has 0 spiro atoms. The summed E-state index contributed by atoms with van der Waals surface area (Å²) in [5.74, 6) is 0.627. The van der Waals surface area contributed by atoms with E-state index in [2.05, 4.69) is 0 Å². The average Bonchev–Trinajstić information content (AvgIpc) is 2.80. The molecule has 0 aliphatic heterocycles. The monoisotopic (exact) mass is 578 g/mol. The molecule has 0 aromatic heterocycles. The molecule has 0 radical (unpaired) electrons. The van der Waals surface area contributed by atoms with Crippen LogP contribution >= 0.6 is 34.8 Å². The van der Waals surface area contributed by atoms with Crippen LogP contribution in [0.15, 0.2) is 36.4 Å². The molecule has 10 heteroatoms. The summed E-state index contributed by atoms with van der Waals surface area (Å²) in [6.07, 6.45) is -0.524. The molecule has 36 heavy (non-hydrogen) atoms. The van der Waals surface area contributed by atoms with E-state index in [1.54, 1.807) is 6.92 Å². The maximum absolute atomic E-state index is 11.8. The molecule has 0 amide bonds. The van der Waals surface area contributed by atoms with Gasteiger partial charge in [-0.15, -0.1) is 11.6 Å². The van der Waals surface area contributed by atoms with Gasteiger partial charge in [0, 0.05) is 24.0 Å². The molecule has 2 aromatic rings. The van der Waals surface area contributed by atoms with Gasteiger partial charge in [0.2, 0.25) is 0 Å². The van der Waals surface area contributed by atoms with Crippen LogP contribution in [0.2, 0.25) is 10.0 Å². The standard InChI is InChI=1S/C26H33Cl3O6S/c1-6-36(31,32)16-17(2)14-34-25-23(28)11-20(12-24(25)29)26(4,5)19-7-9-21(10-8-19)33-15-22(13-27)35-18(3)30/h7-12,17,22H,6,13-16H2,1-5H3. The lowest BCUT2D eigenvalue weighted by Gasteiger charge is -2.27. The van der Waals surface area contributed by atoms with Crippen LogP contribution in [0.5, 0.6) is 11.5 Å². The third-order valence-electron chi connectivity index (χ3n) is 5.73. The molecule has 0 aliphatic rings. The maximum atomic E-state index is 11.8. The number of esters is 1. The van der Waals surface area contributed by atoms with E-state index in [4.69, 9.17) is 49.0 Å². The molecule has 0 aliphatic carbocycles. The minimum atomic E-state index is -3.10. The first-order valence-corrected chi connectivity index (χ1v) is 14.7. The summed E-state index contributed by atoms with van der Waals surface area (Å²) in [4.78, 5) is 11.1. The van der Waals surface area contributed by atoms with Gasteiger partial charge in [-0.25, -0.2) is 8.42 Å². The highest BCUT2D eigenvalue weighted by Crippen LogP contribution is 2.41. The minimum Gasteiger partial charge on any atom is -0.490 e. The largest absolute Gasteiger partial charge is 0.490 e. The topological polar surface area (TPSA) is 78.9 Å². The fourth-order valence-electron chi connectivity index (χ4n) is 3.55. The Hall–Kier alpha value is -1.67. The summed E-state index contributed by atoms with van der Waals surface area (Å²) in [5.41, 5.74) is 1.45. The number of sulfone groups is 1. The van der Waals surface area contributed by atoms with E-state index in [9.17, 15) is 13.2 Å². The number of rotatable bonds is 13. The molecule has 0 saturated carbocycles. The number of ether oxygens (including phenoxy) is 3. The average molecular weight is 580 g/mol. The predicted molar refractivity (Wildman–Crippen MR) is 146 cm³/mol. The van der Waals surface area contributed by atoms with Crippen molar-refractivity contribution in [3.8, 4) is 11.5 Å². The van der Waals surface area contributed by atoms with E-state index in [0.717, 1.165) is 11.1 Å². The van der Waals surface area contributed by atoms with Crippen LogP contribution in [-0.4, -0.2) is 51.1 Å². The smallest absolute Gasteiger partial charge is 0.303 e. The van der Waals surface area contributed by atoms with Crippen LogP contribution in [0.4, 0.5) is 0 Å². The second-order valence-electron chi connectivity index (χ2n) is 9.23. The van der Waals surface area contributed by atoms with Gasteiger partial charge in [0.05, 0.1) is 28.3 Å². The van der Waals surface area contributed by atoms with E-state index >= 15 is 0 Å². The third kappa shape index (κ3) is 8.72. The number of benzene rings is 2. The molecule has 200 valence electrons. The van der Waals surface area contributed by atoms with Crippen LogP contribution in [0.1, 0.15) is 45.7 Å². The molecule has 6 nitrogen and oxygen atoms in total. The van der Waals surface area contributed by atoms with Crippen LogP contribution in [0.25, 0.3) is 0 Å². The number of alkyl halides is 1. The summed E-state index contributed by atoms with van der Waals surface area (Å²) < 4.78 is 40.3.